The minimum atomic E-state index is -1.83. The van der Waals surface area contributed by atoms with Crippen molar-refractivity contribution >= 4 is 0 Å². The van der Waals surface area contributed by atoms with Crippen LogP contribution >= 0.6 is 0 Å². The lowest BCUT2D eigenvalue weighted by atomic mass is 9.96. The van der Waals surface area contributed by atoms with Gasteiger partial charge in [0.25, 0.3) is 0 Å². The van der Waals surface area contributed by atoms with Gasteiger partial charge in [0.2, 0.25) is 0 Å². The maximum Gasteiger partial charge on any atom is 0.187 e. The fraction of sp³-hybridized carbons (Fsp3) is 1.00. The summed E-state index contributed by atoms with van der Waals surface area (Å²) >= 11 is 0. The Bertz CT molecular complexity index is 627. The van der Waals surface area contributed by atoms with Crippen molar-refractivity contribution in [3.05, 3.63) is 0 Å². The fourth-order valence-corrected chi connectivity index (χ4v) is 4.04. The van der Waals surface area contributed by atoms with E-state index in [1.54, 1.807) is 0 Å². The van der Waals surface area contributed by atoms with Crippen molar-refractivity contribution in [3.8, 4) is 0 Å². The van der Waals surface area contributed by atoms with Gasteiger partial charge in [0, 0.05) is 0 Å². The molecule has 0 bridgehead atoms. The standard InChI is InChI=1S/C18H33NO14/c1-4-7(19)8(22)12(26)17(29-4)32-15-6(3-21)31-18(13(27)10(15)24)33-14-5(2-20)30-16(28)11(25)9(14)23/h4-18,20-28H,2-3,19H2,1H3/t4-,5-,6-,7-,8+,9-,10-,11-,12-,13-,14-,15-,16?,17-,18-/m1/s1. The van der Waals surface area contributed by atoms with Gasteiger partial charge in [-0.05, 0) is 6.92 Å². The lowest BCUT2D eigenvalue weighted by Crippen LogP contribution is -2.66. The maximum absolute atomic E-state index is 10.6. The molecule has 3 aliphatic rings. The molecule has 3 aliphatic heterocycles. The molecule has 3 saturated heterocycles. The number of nitrogens with two attached hydrogens (primary N) is 1. The molecule has 194 valence electrons. The van der Waals surface area contributed by atoms with Crippen LogP contribution in [-0.4, -0.2) is 151 Å². The SMILES string of the molecule is C[C@H]1O[C@H](O[C@H]2[C@H](O)[C@@H](O)[C@@H](O[C@H]3[C@H](O)[C@@H](O)C(O)O[C@@H]3CO)O[C@@H]2CO)[C@H](O)[C@@H](O)[C@@H]1N. The van der Waals surface area contributed by atoms with Gasteiger partial charge in [0.1, 0.15) is 61.0 Å². The monoisotopic (exact) mass is 487 g/mol. The summed E-state index contributed by atoms with van der Waals surface area (Å²) in [5.74, 6) is 0. The average Bonchev–Trinajstić information content (AvgIpc) is 2.80. The van der Waals surface area contributed by atoms with Crippen LogP contribution in [0.15, 0.2) is 0 Å². The Kier molecular flexibility index (Phi) is 8.99. The number of rotatable bonds is 6. The first-order valence-electron chi connectivity index (χ1n) is 10.5. The molecule has 0 spiro atoms. The first-order valence-corrected chi connectivity index (χ1v) is 10.5. The predicted octanol–water partition coefficient (Wildman–Crippen LogP) is -6.58. The van der Waals surface area contributed by atoms with Crippen LogP contribution in [0, 0.1) is 0 Å². The molecule has 0 aliphatic carbocycles. The summed E-state index contributed by atoms with van der Waals surface area (Å²) in [7, 11) is 0. The summed E-state index contributed by atoms with van der Waals surface area (Å²) in [6, 6.07) is -0.901. The Labute approximate surface area is 188 Å². The van der Waals surface area contributed by atoms with Crippen molar-refractivity contribution in [2.75, 3.05) is 13.2 Å². The highest BCUT2D eigenvalue weighted by molar-refractivity contribution is 4.96. The molecule has 0 aromatic rings. The minimum Gasteiger partial charge on any atom is -0.394 e. The van der Waals surface area contributed by atoms with E-state index in [0.717, 1.165) is 0 Å². The largest absolute Gasteiger partial charge is 0.394 e. The first kappa shape index (κ1) is 27.0. The van der Waals surface area contributed by atoms with E-state index in [0.29, 0.717) is 0 Å². The minimum absolute atomic E-state index is 0.728. The van der Waals surface area contributed by atoms with E-state index in [2.05, 4.69) is 0 Å². The third-order valence-corrected chi connectivity index (χ3v) is 6.16. The second-order valence-electron chi connectivity index (χ2n) is 8.41. The van der Waals surface area contributed by atoms with E-state index < -0.39 is 105 Å². The molecule has 15 atom stereocenters. The molecule has 33 heavy (non-hydrogen) atoms. The van der Waals surface area contributed by atoms with Gasteiger partial charge in [-0.2, -0.15) is 0 Å². The molecule has 3 fully saturated rings. The summed E-state index contributed by atoms with van der Waals surface area (Å²) in [5, 5.41) is 90.2. The Morgan fingerprint density at radius 1 is 0.636 bits per heavy atom. The second-order valence-corrected chi connectivity index (χ2v) is 8.41. The van der Waals surface area contributed by atoms with Gasteiger partial charge >= 0.3 is 0 Å². The molecular formula is C18H33NO14. The van der Waals surface area contributed by atoms with Crippen molar-refractivity contribution in [1.82, 2.24) is 0 Å². The van der Waals surface area contributed by atoms with Gasteiger partial charge in [-0.1, -0.05) is 0 Å². The molecule has 11 N–H and O–H groups in total. The number of aliphatic hydroxyl groups is 9. The molecule has 0 radical (unpaired) electrons. The van der Waals surface area contributed by atoms with E-state index >= 15 is 0 Å². The van der Waals surface area contributed by atoms with Gasteiger partial charge < -0.3 is 75.4 Å². The molecule has 1 unspecified atom stereocenters. The smallest absolute Gasteiger partial charge is 0.187 e. The average molecular weight is 487 g/mol. The summed E-state index contributed by atoms with van der Waals surface area (Å²) in [4.78, 5) is 0. The highest BCUT2D eigenvalue weighted by atomic mass is 16.7. The van der Waals surface area contributed by atoms with E-state index in [1.165, 1.54) is 6.92 Å². The van der Waals surface area contributed by atoms with Crippen LogP contribution in [0.2, 0.25) is 0 Å². The maximum atomic E-state index is 10.6. The molecule has 3 heterocycles. The lowest BCUT2D eigenvalue weighted by molar-refractivity contribution is -0.373. The summed E-state index contributed by atoms with van der Waals surface area (Å²) < 4.78 is 26.8. The van der Waals surface area contributed by atoms with E-state index in [4.69, 9.17) is 29.4 Å². The van der Waals surface area contributed by atoms with Crippen molar-refractivity contribution < 1.29 is 69.6 Å². The van der Waals surface area contributed by atoms with Crippen molar-refractivity contribution in [3.63, 3.8) is 0 Å². The van der Waals surface area contributed by atoms with Crippen LogP contribution in [0.4, 0.5) is 0 Å². The lowest BCUT2D eigenvalue weighted by Gasteiger charge is -2.47. The summed E-state index contributed by atoms with van der Waals surface area (Å²) in [6.07, 6.45) is -21.4. The zero-order valence-corrected chi connectivity index (χ0v) is 17.7. The molecule has 0 aromatic heterocycles. The number of aliphatic hydroxyl groups excluding tert-OH is 9. The van der Waals surface area contributed by atoms with E-state index in [-0.39, 0.29) is 0 Å². The van der Waals surface area contributed by atoms with Crippen LogP contribution in [0.3, 0.4) is 0 Å². The van der Waals surface area contributed by atoms with Crippen LogP contribution in [-0.2, 0) is 23.7 Å². The third-order valence-electron chi connectivity index (χ3n) is 6.16. The van der Waals surface area contributed by atoms with Crippen molar-refractivity contribution in [2.24, 2.45) is 5.73 Å². The Morgan fingerprint density at radius 2 is 1.09 bits per heavy atom. The normalized spacial score (nSPS) is 53.7. The van der Waals surface area contributed by atoms with E-state index in [9.17, 15) is 46.0 Å². The van der Waals surface area contributed by atoms with Crippen molar-refractivity contribution in [1.29, 1.82) is 0 Å². The zero-order valence-electron chi connectivity index (χ0n) is 17.7. The third kappa shape index (κ3) is 5.32. The van der Waals surface area contributed by atoms with Gasteiger partial charge in [-0.3, -0.25) is 0 Å². The molecule has 15 nitrogen and oxygen atoms in total. The van der Waals surface area contributed by atoms with Gasteiger partial charge in [-0.15, -0.1) is 0 Å². The van der Waals surface area contributed by atoms with Gasteiger partial charge in [0.15, 0.2) is 18.9 Å². The molecule has 0 saturated carbocycles. The quantitative estimate of drug-likeness (QED) is 0.167. The Balaban J connectivity index is 1.71. The van der Waals surface area contributed by atoms with E-state index in [1.807, 2.05) is 0 Å². The van der Waals surface area contributed by atoms with Crippen LogP contribution in [0.25, 0.3) is 0 Å². The number of hydrogen-bond acceptors (Lipinski definition) is 15. The predicted molar refractivity (Wildman–Crippen MR) is 102 cm³/mol. The Morgan fingerprint density at radius 3 is 1.64 bits per heavy atom. The van der Waals surface area contributed by atoms with Crippen LogP contribution < -0.4 is 5.73 Å². The zero-order chi connectivity index (χ0) is 24.6. The summed E-state index contributed by atoms with van der Waals surface area (Å²) in [6.45, 7) is 0.0570. The second kappa shape index (κ2) is 11.0. The highest BCUT2D eigenvalue weighted by Crippen LogP contribution is 2.31. The topological polar surface area (TPSA) is 254 Å². The fourth-order valence-electron chi connectivity index (χ4n) is 4.04. The highest BCUT2D eigenvalue weighted by Gasteiger charge is 2.52. The summed E-state index contributed by atoms with van der Waals surface area (Å²) in [5.41, 5.74) is 5.73. The van der Waals surface area contributed by atoms with Gasteiger partial charge in [0.05, 0.1) is 25.4 Å². The molecule has 0 aromatic carbocycles. The molecular weight excluding hydrogens is 454 g/mol. The van der Waals surface area contributed by atoms with Crippen LogP contribution in [0.1, 0.15) is 6.92 Å². The number of hydrogen-bond donors (Lipinski definition) is 10. The van der Waals surface area contributed by atoms with Crippen LogP contribution in [0.5, 0.6) is 0 Å². The first-order chi connectivity index (χ1) is 15.5. The van der Waals surface area contributed by atoms with Crippen molar-refractivity contribution in [2.45, 2.75) is 99.0 Å². The van der Waals surface area contributed by atoms with Gasteiger partial charge in [-0.25, -0.2) is 0 Å². The number of ether oxygens (including phenoxy) is 5. The Hall–Kier alpha value is -0.600. The molecule has 0 amide bonds. The molecule has 3 rings (SSSR count). The molecule has 15 heteroatoms.